The first-order valence-corrected chi connectivity index (χ1v) is 5.72. The standard InChI is InChI=1S/C11H17NO2/c13-10-8-4-9(10)6-12(5-8)11(14)7-2-1-3-7/h7-10,13H,1-6H2/t8-,9+,10?. The predicted molar refractivity (Wildman–Crippen MR) is 51.5 cm³/mol. The monoisotopic (exact) mass is 195 g/mol. The van der Waals surface area contributed by atoms with Gasteiger partial charge in [-0.25, -0.2) is 0 Å². The first kappa shape index (κ1) is 8.72. The van der Waals surface area contributed by atoms with E-state index in [1.165, 1.54) is 6.42 Å². The van der Waals surface area contributed by atoms with E-state index < -0.39 is 0 Å². The van der Waals surface area contributed by atoms with Gasteiger partial charge in [-0.2, -0.15) is 0 Å². The molecule has 2 saturated heterocycles. The Morgan fingerprint density at radius 3 is 2.29 bits per heavy atom. The topological polar surface area (TPSA) is 40.5 Å². The quantitative estimate of drug-likeness (QED) is 0.666. The summed E-state index contributed by atoms with van der Waals surface area (Å²) in [6.07, 6.45) is 4.43. The molecule has 4 fully saturated rings. The lowest BCUT2D eigenvalue weighted by atomic mass is 9.67. The van der Waals surface area contributed by atoms with Crippen molar-refractivity contribution >= 4 is 5.91 Å². The molecule has 3 atom stereocenters. The van der Waals surface area contributed by atoms with Crippen molar-refractivity contribution in [1.82, 2.24) is 4.90 Å². The van der Waals surface area contributed by atoms with Crippen molar-refractivity contribution in [2.24, 2.45) is 17.8 Å². The third-order valence-electron chi connectivity index (χ3n) is 4.25. The smallest absolute Gasteiger partial charge is 0.225 e. The van der Waals surface area contributed by atoms with Gasteiger partial charge in [0, 0.05) is 30.8 Å². The molecule has 14 heavy (non-hydrogen) atoms. The van der Waals surface area contributed by atoms with Gasteiger partial charge in [0.1, 0.15) is 0 Å². The Morgan fingerprint density at radius 2 is 1.86 bits per heavy atom. The van der Waals surface area contributed by atoms with Crippen LogP contribution in [0.2, 0.25) is 0 Å². The average Bonchev–Trinajstić information content (AvgIpc) is 2.14. The molecule has 3 nitrogen and oxygen atoms in total. The molecule has 78 valence electrons. The number of rotatable bonds is 1. The number of piperidine rings is 2. The van der Waals surface area contributed by atoms with E-state index in [2.05, 4.69) is 0 Å². The van der Waals surface area contributed by atoms with Gasteiger partial charge in [0.25, 0.3) is 0 Å². The van der Waals surface area contributed by atoms with Gasteiger partial charge < -0.3 is 10.0 Å². The zero-order chi connectivity index (χ0) is 9.71. The summed E-state index contributed by atoms with van der Waals surface area (Å²) in [5, 5.41) is 9.60. The van der Waals surface area contributed by atoms with E-state index >= 15 is 0 Å². The molecule has 4 aliphatic rings. The molecule has 2 aliphatic heterocycles. The first-order chi connectivity index (χ1) is 6.75. The van der Waals surface area contributed by atoms with Crippen LogP contribution in [-0.4, -0.2) is 35.1 Å². The number of fused-ring (bicyclic) bond motifs is 2. The van der Waals surface area contributed by atoms with E-state index in [1.807, 2.05) is 4.90 Å². The molecule has 1 amide bonds. The lowest BCUT2D eigenvalue weighted by molar-refractivity contribution is -0.156. The number of nitrogens with zero attached hydrogens (tertiary/aromatic N) is 1. The summed E-state index contributed by atoms with van der Waals surface area (Å²) in [5.74, 6) is 1.46. The third kappa shape index (κ3) is 1.11. The molecule has 0 aromatic heterocycles. The van der Waals surface area contributed by atoms with Crippen LogP contribution in [-0.2, 0) is 4.79 Å². The van der Waals surface area contributed by atoms with Gasteiger partial charge in [0.15, 0.2) is 0 Å². The summed E-state index contributed by atoms with van der Waals surface area (Å²) in [4.78, 5) is 13.9. The van der Waals surface area contributed by atoms with E-state index in [4.69, 9.17) is 0 Å². The summed E-state index contributed by atoms with van der Waals surface area (Å²) >= 11 is 0. The van der Waals surface area contributed by atoms with Crippen LogP contribution in [0.25, 0.3) is 0 Å². The summed E-state index contributed by atoms with van der Waals surface area (Å²) < 4.78 is 0. The van der Waals surface area contributed by atoms with Crippen LogP contribution in [0, 0.1) is 17.8 Å². The van der Waals surface area contributed by atoms with Crippen molar-refractivity contribution in [1.29, 1.82) is 0 Å². The molecule has 2 saturated carbocycles. The van der Waals surface area contributed by atoms with Crippen molar-refractivity contribution < 1.29 is 9.90 Å². The van der Waals surface area contributed by atoms with E-state index in [0.29, 0.717) is 23.7 Å². The highest BCUT2D eigenvalue weighted by molar-refractivity contribution is 5.79. The SMILES string of the molecule is O=C(C1CCC1)N1C[C@H]2C[C@@H](C1)C2O. The lowest BCUT2D eigenvalue weighted by Gasteiger charge is -2.52. The molecule has 0 aromatic carbocycles. The van der Waals surface area contributed by atoms with Crippen LogP contribution in [0.4, 0.5) is 0 Å². The van der Waals surface area contributed by atoms with Crippen LogP contribution in [0.1, 0.15) is 25.7 Å². The van der Waals surface area contributed by atoms with E-state index in [1.54, 1.807) is 0 Å². The maximum absolute atomic E-state index is 11.9. The summed E-state index contributed by atoms with van der Waals surface area (Å²) in [5.41, 5.74) is 0. The zero-order valence-corrected chi connectivity index (χ0v) is 8.35. The minimum atomic E-state index is -0.111. The average molecular weight is 195 g/mol. The highest BCUT2D eigenvalue weighted by atomic mass is 16.3. The Morgan fingerprint density at radius 1 is 1.21 bits per heavy atom. The highest BCUT2D eigenvalue weighted by Crippen LogP contribution is 2.41. The molecule has 4 rings (SSSR count). The van der Waals surface area contributed by atoms with Gasteiger partial charge >= 0.3 is 0 Å². The molecule has 0 spiro atoms. The maximum atomic E-state index is 11.9. The van der Waals surface area contributed by atoms with Gasteiger partial charge in [-0.3, -0.25) is 4.79 Å². The number of aliphatic hydroxyl groups is 1. The Kier molecular flexibility index (Phi) is 1.84. The first-order valence-electron chi connectivity index (χ1n) is 5.72. The molecule has 0 radical (unpaired) electrons. The van der Waals surface area contributed by atoms with Crippen LogP contribution < -0.4 is 0 Å². The summed E-state index contributed by atoms with van der Waals surface area (Å²) in [6.45, 7) is 1.62. The fourth-order valence-electron chi connectivity index (χ4n) is 2.96. The number of carbonyl (C=O) groups excluding carboxylic acids is 1. The van der Waals surface area contributed by atoms with Gasteiger partial charge in [-0.05, 0) is 19.3 Å². The van der Waals surface area contributed by atoms with E-state index in [9.17, 15) is 9.90 Å². The number of hydrogen-bond donors (Lipinski definition) is 1. The third-order valence-corrected chi connectivity index (χ3v) is 4.25. The van der Waals surface area contributed by atoms with Crippen molar-refractivity contribution in [3.8, 4) is 0 Å². The maximum Gasteiger partial charge on any atom is 0.225 e. The molecular formula is C11H17NO2. The molecule has 1 unspecified atom stereocenters. The summed E-state index contributed by atoms with van der Waals surface area (Å²) in [6, 6.07) is 0. The van der Waals surface area contributed by atoms with E-state index in [0.717, 1.165) is 32.4 Å². The Labute approximate surface area is 84.1 Å². The number of carbonyl (C=O) groups is 1. The molecule has 2 bridgehead atoms. The van der Waals surface area contributed by atoms with Gasteiger partial charge in [0.05, 0.1) is 6.10 Å². The second-order valence-corrected chi connectivity index (χ2v) is 5.12. The van der Waals surface area contributed by atoms with Gasteiger partial charge in [-0.1, -0.05) is 6.42 Å². The Bertz CT molecular complexity index is 250. The minimum Gasteiger partial charge on any atom is -0.392 e. The van der Waals surface area contributed by atoms with Gasteiger partial charge in [0.2, 0.25) is 5.91 Å². The Hall–Kier alpha value is -0.570. The largest absolute Gasteiger partial charge is 0.392 e. The van der Waals surface area contributed by atoms with Crippen molar-refractivity contribution in [2.45, 2.75) is 31.8 Å². The fraction of sp³-hybridized carbons (Fsp3) is 0.909. The minimum absolute atomic E-state index is 0.111. The highest BCUT2D eigenvalue weighted by Gasteiger charge is 2.47. The number of aliphatic hydroxyl groups excluding tert-OH is 1. The van der Waals surface area contributed by atoms with Crippen LogP contribution >= 0.6 is 0 Å². The molecule has 2 heterocycles. The molecule has 1 N–H and O–H groups in total. The number of amides is 1. The van der Waals surface area contributed by atoms with Crippen LogP contribution in [0.3, 0.4) is 0 Å². The second-order valence-electron chi connectivity index (χ2n) is 5.12. The Balaban J connectivity index is 1.62. The molecular weight excluding hydrogens is 178 g/mol. The second kappa shape index (κ2) is 2.96. The summed E-state index contributed by atoms with van der Waals surface area (Å²) in [7, 11) is 0. The van der Waals surface area contributed by atoms with Crippen molar-refractivity contribution in [3.05, 3.63) is 0 Å². The van der Waals surface area contributed by atoms with Crippen LogP contribution in [0.15, 0.2) is 0 Å². The molecule has 2 aliphatic carbocycles. The molecule has 3 heteroatoms. The van der Waals surface area contributed by atoms with Gasteiger partial charge in [-0.15, -0.1) is 0 Å². The number of hydrogen-bond acceptors (Lipinski definition) is 2. The van der Waals surface area contributed by atoms with Crippen molar-refractivity contribution in [3.63, 3.8) is 0 Å². The zero-order valence-electron chi connectivity index (χ0n) is 8.35. The van der Waals surface area contributed by atoms with Crippen LogP contribution in [0.5, 0.6) is 0 Å². The molecule has 0 aromatic rings. The lowest BCUT2D eigenvalue weighted by Crippen LogP contribution is -2.60. The normalized spacial score (nSPS) is 41.5. The van der Waals surface area contributed by atoms with E-state index in [-0.39, 0.29) is 6.10 Å². The van der Waals surface area contributed by atoms with Crippen molar-refractivity contribution in [2.75, 3.05) is 13.1 Å². The fourth-order valence-corrected chi connectivity index (χ4v) is 2.96. The predicted octanol–water partition coefficient (Wildman–Crippen LogP) is 0.626.